The molecular formula is C115H180O13P2+2. The van der Waals surface area contributed by atoms with Crippen molar-refractivity contribution in [1.82, 2.24) is 0 Å². The van der Waals surface area contributed by atoms with Crippen LogP contribution >= 0.6 is 15.6 Å². The topological polar surface area (TPSA) is 235 Å². The van der Waals surface area contributed by atoms with Crippen LogP contribution in [0.1, 0.15) is 262 Å². The van der Waals surface area contributed by atoms with Gasteiger partial charge >= 0.3 is 15.6 Å². The number of rotatable bonds is 9. The monoisotopic (exact) mass is 1830 g/mol. The average Bonchev–Trinajstić information content (AvgIpc) is 0.807. The van der Waals surface area contributed by atoms with Gasteiger partial charge in [0.2, 0.25) is 0 Å². The largest absolute Gasteiger partial charge is 0.508 e. The molecule has 0 unspecified atom stereocenters. The Kier molecular flexibility index (Phi) is 114. The first-order valence-electron chi connectivity index (χ1n) is 46.1. The first kappa shape index (κ1) is 140. The molecule has 12 aromatic carbocycles. The molecule has 0 heterocycles. The molecule has 0 radical (unpaired) electrons. The Labute approximate surface area is 795 Å². The molecule has 9 N–H and O–H groups in total. The minimum Gasteiger partial charge on any atom is -0.508 e. The van der Waals surface area contributed by atoms with E-state index in [0.717, 1.165) is 35.5 Å². The highest BCUT2D eigenvalue weighted by atomic mass is 31.1. The number of hydrogen-bond donors (Lipinski definition) is 9. The number of aliphatic hydroxyl groups excluding tert-OH is 5. The standard InChI is InChI=1S/C24H17O5P.C12H9O3P.C12H10.C12H18.C10H8.C7H8.11C3H8.5CH4O/c25-17-1-5-19(6-2-17)28-21-9-13-23(14-10-21)30(27)24-15-11-22(12-16-24)29-20-7-3-18(26)4-8-20;13-9-1-5-11(6-2-9)16(15)12-7-3-10(14)4-8-12;1-3-7-11(8-4-1)12-9-5-2-6-10-12;1-7-8(2)10(4)12(6)11(5)9(7)3;1-2-6-10-8-4-3-7-9(10)5-1;1-7-5-3-2-4-6-7;11*1-3-2;5*1-2/h1-16H,(H-,25,26);1-8H,(H-,13,14,15);1-10H;1-6H3;1-8H;2-6H,1H3;11*3H2,1-2H3;5*2H,1H3/p+2. The minimum absolute atomic E-state index is 0.151. The molecule has 0 saturated heterocycles. The van der Waals surface area contributed by atoms with Gasteiger partial charge in [-0.3, -0.25) is 0 Å². The lowest BCUT2D eigenvalue weighted by atomic mass is 9.90. The highest BCUT2D eigenvalue weighted by molar-refractivity contribution is 7.61. The molecule has 0 aromatic heterocycles. The molecule has 0 atom stereocenters. The molecule has 726 valence electrons. The summed E-state index contributed by atoms with van der Waals surface area (Å²) in [5, 5.41) is 77.2. The third-order valence-corrected chi connectivity index (χ3v) is 17.4. The van der Waals surface area contributed by atoms with Crippen LogP contribution in [0.5, 0.6) is 46.0 Å². The van der Waals surface area contributed by atoms with E-state index in [4.69, 9.17) is 45.2 Å². The van der Waals surface area contributed by atoms with Gasteiger partial charge in [-0.05, 0) is 249 Å². The Morgan fingerprint density at radius 3 is 0.477 bits per heavy atom. The molecule has 0 aliphatic rings. The maximum absolute atomic E-state index is 12.9. The zero-order valence-electron chi connectivity index (χ0n) is 87.0. The summed E-state index contributed by atoms with van der Waals surface area (Å²) in [7, 11) is 1.58. The average molecular weight is 1830 g/mol. The Bertz CT molecular complexity index is 3910. The molecule has 0 saturated carbocycles. The van der Waals surface area contributed by atoms with Gasteiger partial charge < -0.3 is 55.4 Å². The number of phenolic OH excluding ortho intramolecular Hbond substituents is 4. The normalized spacial score (nSPS) is 8.48. The summed E-state index contributed by atoms with van der Waals surface area (Å²) in [5.74, 6) is 3.10. The zero-order valence-corrected chi connectivity index (χ0v) is 88.8. The van der Waals surface area contributed by atoms with Crippen molar-refractivity contribution in [3.8, 4) is 57.1 Å². The molecule has 0 spiro atoms. The van der Waals surface area contributed by atoms with Gasteiger partial charge in [-0.2, -0.15) is 0 Å². The number of aliphatic hydroxyl groups is 5. The molecule has 130 heavy (non-hydrogen) atoms. The van der Waals surface area contributed by atoms with E-state index in [2.05, 4.69) is 310 Å². The van der Waals surface area contributed by atoms with Gasteiger partial charge in [0, 0.05) is 35.5 Å². The Hall–Kier alpha value is -10.3. The summed E-state index contributed by atoms with van der Waals surface area (Å²) < 4.78 is 36.4. The second kappa shape index (κ2) is 106. The van der Waals surface area contributed by atoms with Crippen LogP contribution in [-0.4, -0.2) is 81.5 Å². The van der Waals surface area contributed by atoms with Gasteiger partial charge in [-0.15, -0.1) is 0 Å². The SMILES string of the molecule is CCC.CCC.CCC.CCC.CCC.CCC.CCC.CCC.CCC.CCC.CCC.CO.CO.CO.CO.CO.Cc1c(C)c(C)c(C)c(C)c1C.Cc1ccccc1.O=[P+](c1ccc(O)cc1)c1ccc(O)cc1.O=[P+](c1ccc(Oc2ccc(O)cc2)cc1)c1ccc(Oc2ccc(O)cc2)cc1.c1ccc(-c2ccccc2)cc1.c1ccc2ccccc2c1. The number of fused-ring (bicyclic) bond motifs is 1. The van der Waals surface area contributed by atoms with Gasteiger partial charge in [-0.25, -0.2) is 0 Å². The smallest absolute Gasteiger partial charge is 0.415 e. The predicted octanol–water partition coefficient (Wildman–Crippen LogP) is 32.7. The molecule has 15 heteroatoms. The van der Waals surface area contributed by atoms with Crippen LogP contribution in [0, 0.1) is 48.5 Å². The maximum Gasteiger partial charge on any atom is 0.415 e. The van der Waals surface area contributed by atoms with Gasteiger partial charge in [0.15, 0.2) is 21.2 Å². The van der Waals surface area contributed by atoms with Crippen molar-refractivity contribution in [2.45, 2.75) is 271 Å². The van der Waals surface area contributed by atoms with E-state index < -0.39 is 15.6 Å². The van der Waals surface area contributed by atoms with Gasteiger partial charge in [0.25, 0.3) is 0 Å². The van der Waals surface area contributed by atoms with Crippen LogP contribution in [0.15, 0.2) is 285 Å². The van der Waals surface area contributed by atoms with E-state index in [0.29, 0.717) is 44.2 Å². The molecule has 12 rings (SSSR count). The van der Waals surface area contributed by atoms with Crippen LogP contribution in [0.25, 0.3) is 21.9 Å². The molecule has 12 aromatic rings. The summed E-state index contributed by atoms with van der Waals surface area (Å²) >= 11 is 0. The van der Waals surface area contributed by atoms with Crippen LogP contribution in [0.4, 0.5) is 0 Å². The van der Waals surface area contributed by atoms with Crippen LogP contribution in [0.2, 0.25) is 0 Å². The molecule has 0 amide bonds. The fraction of sp³-hybridized carbons (Fsp3) is 0.391. The van der Waals surface area contributed by atoms with E-state index in [1.54, 1.807) is 121 Å². The Balaban J connectivity index is -0.000000158. The van der Waals surface area contributed by atoms with Crippen molar-refractivity contribution in [3.63, 3.8) is 0 Å². The molecule has 0 fully saturated rings. The zero-order chi connectivity index (χ0) is 102. The fourth-order valence-corrected chi connectivity index (χ4v) is 11.0. The number of hydrogen-bond acceptors (Lipinski definition) is 13. The quantitative estimate of drug-likeness (QED) is 0.0613. The van der Waals surface area contributed by atoms with Crippen molar-refractivity contribution < 1.29 is 64.6 Å². The summed E-state index contributed by atoms with van der Waals surface area (Å²) in [4.78, 5) is 0. The second-order valence-corrected chi connectivity index (χ2v) is 31.3. The summed E-state index contributed by atoms with van der Waals surface area (Å²) in [6, 6.07) is 87.3. The van der Waals surface area contributed by atoms with Crippen molar-refractivity contribution in [1.29, 1.82) is 0 Å². The maximum atomic E-state index is 12.9. The van der Waals surface area contributed by atoms with E-state index in [9.17, 15) is 19.3 Å². The lowest BCUT2D eigenvalue weighted by Gasteiger charge is -2.15. The van der Waals surface area contributed by atoms with Gasteiger partial charge in [-0.1, -0.05) is 377 Å². The highest BCUT2D eigenvalue weighted by Crippen LogP contribution is 2.30. The summed E-state index contributed by atoms with van der Waals surface area (Å²) in [6.07, 6.45) is 13.8. The molecule has 0 aliphatic carbocycles. The van der Waals surface area contributed by atoms with E-state index in [1.807, 2.05) is 30.3 Å². The van der Waals surface area contributed by atoms with E-state index in [1.165, 1.54) is 156 Å². The first-order valence-corrected chi connectivity index (χ1v) is 48.6. The molecule has 0 bridgehead atoms. The number of aromatic hydroxyl groups is 4. The van der Waals surface area contributed by atoms with Gasteiger partial charge in [0.05, 0.1) is 0 Å². The van der Waals surface area contributed by atoms with Crippen molar-refractivity contribution in [3.05, 3.63) is 324 Å². The number of phenols is 4. The van der Waals surface area contributed by atoms with E-state index in [-0.39, 0.29) is 23.0 Å². The molecular weight excluding hydrogens is 1650 g/mol. The third-order valence-electron chi connectivity index (χ3n) is 14.3. The van der Waals surface area contributed by atoms with Crippen molar-refractivity contribution >= 4 is 47.6 Å². The van der Waals surface area contributed by atoms with Crippen LogP contribution in [0.3, 0.4) is 0 Å². The molecule has 0 aliphatic heterocycles. The number of benzene rings is 12. The minimum atomic E-state index is -1.75. The van der Waals surface area contributed by atoms with Crippen molar-refractivity contribution in [2.75, 3.05) is 35.5 Å². The lowest BCUT2D eigenvalue weighted by molar-refractivity contribution is 0.399. The number of ether oxygens (including phenoxy) is 2. The predicted molar refractivity (Wildman–Crippen MR) is 577 cm³/mol. The number of aryl methyl sites for hydroxylation is 1. The van der Waals surface area contributed by atoms with Crippen LogP contribution < -0.4 is 30.7 Å². The summed E-state index contributed by atoms with van der Waals surface area (Å²) in [6.45, 7) is 62.1. The fourth-order valence-electron chi connectivity index (χ4n) is 8.69. The highest BCUT2D eigenvalue weighted by Gasteiger charge is 2.24. The summed E-state index contributed by atoms with van der Waals surface area (Å²) in [5.41, 5.74) is 12.6. The first-order chi connectivity index (χ1) is 62.6. The second-order valence-electron chi connectivity index (χ2n) is 28.1. The van der Waals surface area contributed by atoms with E-state index >= 15 is 0 Å². The van der Waals surface area contributed by atoms with Gasteiger partial charge in [0.1, 0.15) is 46.0 Å². The Morgan fingerprint density at radius 1 is 0.192 bits per heavy atom. The van der Waals surface area contributed by atoms with Crippen molar-refractivity contribution in [2.24, 2.45) is 0 Å². The third kappa shape index (κ3) is 77.6. The molecule has 13 nitrogen and oxygen atoms in total. The van der Waals surface area contributed by atoms with Crippen LogP contribution in [-0.2, 0) is 9.13 Å². The lowest BCUT2D eigenvalue weighted by Crippen LogP contribution is -2.06. The Morgan fingerprint density at radius 2 is 0.323 bits per heavy atom.